The Hall–Kier alpha value is -2.47. The predicted molar refractivity (Wildman–Crippen MR) is 93.7 cm³/mol. The average Bonchev–Trinajstić information content (AvgIpc) is 3.03. The Bertz CT molecular complexity index is 691. The highest BCUT2D eigenvalue weighted by Crippen LogP contribution is 2.23. The van der Waals surface area contributed by atoms with E-state index in [0.717, 1.165) is 37.4 Å². The first-order valence-electron chi connectivity index (χ1n) is 8.25. The molecule has 1 aromatic carbocycles. The van der Waals surface area contributed by atoms with Crippen LogP contribution in [-0.4, -0.2) is 47.2 Å². The molecule has 0 bridgehead atoms. The molecule has 0 aliphatic carbocycles. The van der Waals surface area contributed by atoms with Crippen LogP contribution < -0.4 is 10.6 Å². The maximum Gasteiger partial charge on any atom is 0.248 e. The Labute approximate surface area is 142 Å². The molecular weight excluding hydrogens is 302 g/mol. The second-order valence-electron chi connectivity index (χ2n) is 6.33. The van der Waals surface area contributed by atoms with Crippen LogP contribution in [0.3, 0.4) is 0 Å². The van der Waals surface area contributed by atoms with E-state index in [9.17, 15) is 4.79 Å². The number of primary amides is 1. The van der Waals surface area contributed by atoms with Crippen molar-refractivity contribution in [2.75, 3.05) is 25.0 Å². The second-order valence-corrected chi connectivity index (χ2v) is 6.33. The molecule has 6 heteroatoms. The van der Waals surface area contributed by atoms with E-state index in [1.165, 1.54) is 6.42 Å². The smallest absolute Gasteiger partial charge is 0.248 e. The van der Waals surface area contributed by atoms with Crippen molar-refractivity contribution in [3.05, 3.63) is 53.7 Å². The number of nitrogens with two attached hydrogens (primary N) is 1. The lowest BCUT2D eigenvalue weighted by molar-refractivity contribution is 0.1000. The number of hydrogen-bond acceptors (Lipinski definition) is 5. The monoisotopic (exact) mass is 325 g/mol. The summed E-state index contributed by atoms with van der Waals surface area (Å²) in [5, 5.41) is 8.23. The average molecular weight is 325 g/mol. The fourth-order valence-electron chi connectivity index (χ4n) is 3.33. The molecule has 0 unspecified atom stereocenters. The Kier molecular flexibility index (Phi) is 5.05. The lowest BCUT2D eigenvalue weighted by Crippen LogP contribution is -2.39. The van der Waals surface area contributed by atoms with Crippen molar-refractivity contribution < 1.29 is 4.79 Å². The third kappa shape index (κ3) is 3.89. The predicted octanol–water partition coefficient (Wildman–Crippen LogP) is 1.68. The molecule has 3 rings (SSSR count). The van der Waals surface area contributed by atoms with E-state index in [-0.39, 0.29) is 5.91 Å². The number of aromatic nitrogens is 2. The Morgan fingerprint density at radius 1 is 1.38 bits per heavy atom. The Morgan fingerprint density at radius 2 is 2.25 bits per heavy atom. The number of anilines is 1. The topological polar surface area (TPSA) is 75.3 Å². The normalized spacial score (nSPS) is 17.4. The third-order valence-electron chi connectivity index (χ3n) is 4.42. The van der Waals surface area contributed by atoms with E-state index in [4.69, 9.17) is 5.73 Å². The highest BCUT2D eigenvalue weighted by atomic mass is 16.1. The van der Waals surface area contributed by atoms with Crippen LogP contribution in [0.25, 0.3) is 0 Å². The number of hydrogen-bond donors (Lipinski definition) is 1. The summed E-state index contributed by atoms with van der Waals surface area (Å²) in [7, 11) is 2.10. The molecular formula is C18H23N5O. The van der Waals surface area contributed by atoms with Gasteiger partial charge in [-0.3, -0.25) is 4.79 Å². The SMILES string of the molecule is CN(Cc1cccc(C(N)=O)c1)C[C@@H]1CCCN1c1cccnn1. The number of benzene rings is 1. The summed E-state index contributed by atoms with van der Waals surface area (Å²) >= 11 is 0. The van der Waals surface area contributed by atoms with Crippen molar-refractivity contribution in [1.29, 1.82) is 0 Å². The van der Waals surface area contributed by atoms with E-state index in [2.05, 4.69) is 27.0 Å². The molecule has 1 aliphatic rings. The summed E-state index contributed by atoms with van der Waals surface area (Å²) in [4.78, 5) is 15.9. The lowest BCUT2D eigenvalue weighted by atomic mass is 10.1. The van der Waals surface area contributed by atoms with Gasteiger partial charge < -0.3 is 15.5 Å². The van der Waals surface area contributed by atoms with Crippen molar-refractivity contribution in [2.24, 2.45) is 5.73 Å². The zero-order chi connectivity index (χ0) is 16.9. The van der Waals surface area contributed by atoms with Gasteiger partial charge in [0.15, 0.2) is 5.82 Å². The zero-order valence-corrected chi connectivity index (χ0v) is 13.9. The summed E-state index contributed by atoms with van der Waals surface area (Å²) in [6.45, 7) is 2.75. The molecule has 2 N–H and O–H groups in total. The van der Waals surface area contributed by atoms with Crippen molar-refractivity contribution in [3.8, 4) is 0 Å². The minimum absolute atomic E-state index is 0.385. The standard InChI is InChI=1S/C18H23N5O/c1-22(12-14-5-2-6-15(11-14)18(19)24)13-16-7-4-10-23(16)17-8-3-9-20-21-17/h2-3,5-6,8-9,11,16H,4,7,10,12-13H2,1H3,(H2,19,24)/t16-/m0/s1. The van der Waals surface area contributed by atoms with E-state index in [1.807, 2.05) is 30.3 Å². The molecule has 0 radical (unpaired) electrons. The number of amides is 1. The number of carbonyl (C=O) groups is 1. The van der Waals surface area contributed by atoms with Crippen LogP contribution in [0.15, 0.2) is 42.6 Å². The second kappa shape index (κ2) is 7.40. The molecule has 126 valence electrons. The quantitative estimate of drug-likeness (QED) is 0.874. The maximum absolute atomic E-state index is 11.3. The largest absolute Gasteiger partial charge is 0.366 e. The molecule has 1 aromatic heterocycles. The van der Waals surface area contributed by atoms with Gasteiger partial charge in [0, 0.05) is 37.4 Å². The zero-order valence-electron chi connectivity index (χ0n) is 13.9. The molecule has 0 spiro atoms. The van der Waals surface area contributed by atoms with Crippen LogP contribution in [0.1, 0.15) is 28.8 Å². The minimum atomic E-state index is -0.385. The van der Waals surface area contributed by atoms with Gasteiger partial charge in [-0.2, -0.15) is 5.10 Å². The molecule has 6 nitrogen and oxygen atoms in total. The molecule has 1 fully saturated rings. The third-order valence-corrected chi connectivity index (χ3v) is 4.42. The van der Waals surface area contributed by atoms with Crippen LogP contribution in [0.2, 0.25) is 0 Å². The highest BCUT2D eigenvalue weighted by molar-refractivity contribution is 5.92. The van der Waals surface area contributed by atoms with Gasteiger partial charge in [-0.15, -0.1) is 5.10 Å². The van der Waals surface area contributed by atoms with E-state index >= 15 is 0 Å². The number of rotatable bonds is 6. The Morgan fingerprint density at radius 3 is 3.00 bits per heavy atom. The summed E-state index contributed by atoms with van der Waals surface area (Å²) in [5.41, 5.74) is 7.01. The van der Waals surface area contributed by atoms with Gasteiger partial charge in [-0.1, -0.05) is 12.1 Å². The fraction of sp³-hybridized carbons (Fsp3) is 0.389. The van der Waals surface area contributed by atoms with E-state index in [1.54, 1.807) is 12.3 Å². The maximum atomic E-state index is 11.3. The first-order chi connectivity index (χ1) is 11.6. The summed E-state index contributed by atoms with van der Waals surface area (Å²) in [6.07, 6.45) is 4.03. The van der Waals surface area contributed by atoms with Crippen LogP contribution in [0.4, 0.5) is 5.82 Å². The van der Waals surface area contributed by atoms with Gasteiger partial charge in [-0.05, 0) is 49.7 Å². The van der Waals surface area contributed by atoms with Crippen LogP contribution >= 0.6 is 0 Å². The molecule has 1 atom stereocenters. The Balaban J connectivity index is 1.63. The van der Waals surface area contributed by atoms with E-state index < -0.39 is 0 Å². The fourth-order valence-corrected chi connectivity index (χ4v) is 3.33. The highest BCUT2D eigenvalue weighted by Gasteiger charge is 2.26. The van der Waals surface area contributed by atoms with Gasteiger partial charge in [0.05, 0.1) is 0 Å². The molecule has 2 aromatic rings. The van der Waals surface area contributed by atoms with Gasteiger partial charge in [0.2, 0.25) is 5.91 Å². The lowest BCUT2D eigenvalue weighted by Gasteiger charge is -2.29. The van der Waals surface area contributed by atoms with Crippen molar-refractivity contribution in [3.63, 3.8) is 0 Å². The minimum Gasteiger partial charge on any atom is -0.366 e. The number of nitrogens with zero attached hydrogens (tertiary/aromatic N) is 4. The number of carbonyl (C=O) groups excluding carboxylic acids is 1. The summed E-state index contributed by atoms with van der Waals surface area (Å²) in [5.74, 6) is 0.563. The molecule has 24 heavy (non-hydrogen) atoms. The summed E-state index contributed by atoms with van der Waals surface area (Å²) < 4.78 is 0. The number of likely N-dealkylation sites (N-methyl/N-ethyl adjacent to an activating group) is 1. The molecule has 1 aliphatic heterocycles. The summed E-state index contributed by atoms with van der Waals surface area (Å²) in [6, 6.07) is 11.9. The molecule has 1 amide bonds. The van der Waals surface area contributed by atoms with Crippen molar-refractivity contribution in [1.82, 2.24) is 15.1 Å². The van der Waals surface area contributed by atoms with E-state index in [0.29, 0.717) is 11.6 Å². The molecule has 2 heterocycles. The van der Waals surface area contributed by atoms with Crippen molar-refractivity contribution >= 4 is 11.7 Å². The molecule has 0 saturated carbocycles. The van der Waals surface area contributed by atoms with Gasteiger partial charge >= 0.3 is 0 Å². The van der Waals surface area contributed by atoms with Crippen LogP contribution in [0, 0.1) is 0 Å². The van der Waals surface area contributed by atoms with Crippen LogP contribution in [-0.2, 0) is 6.54 Å². The first kappa shape index (κ1) is 16.4. The van der Waals surface area contributed by atoms with Gasteiger partial charge in [-0.25, -0.2) is 0 Å². The van der Waals surface area contributed by atoms with Crippen LogP contribution in [0.5, 0.6) is 0 Å². The first-order valence-corrected chi connectivity index (χ1v) is 8.25. The van der Waals surface area contributed by atoms with Gasteiger partial charge in [0.25, 0.3) is 0 Å². The molecule has 1 saturated heterocycles. The van der Waals surface area contributed by atoms with Gasteiger partial charge in [0.1, 0.15) is 0 Å². The van der Waals surface area contributed by atoms with Crippen molar-refractivity contribution in [2.45, 2.75) is 25.4 Å².